The fourth-order valence-corrected chi connectivity index (χ4v) is 3.38. The Labute approximate surface area is 158 Å². The summed E-state index contributed by atoms with van der Waals surface area (Å²) in [4.78, 5) is 13.1. The molecule has 0 amide bonds. The summed E-state index contributed by atoms with van der Waals surface area (Å²) in [5, 5.41) is 22.7. The van der Waals surface area contributed by atoms with Crippen LogP contribution in [0.25, 0.3) is 11.2 Å². The second-order valence-corrected chi connectivity index (χ2v) is 6.71. The van der Waals surface area contributed by atoms with Gasteiger partial charge < -0.3 is 25.8 Å². The maximum Gasteiger partial charge on any atom is 0.224 e. The van der Waals surface area contributed by atoms with Crippen molar-refractivity contribution in [2.45, 2.75) is 37.8 Å². The van der Waals surface area contributed by atoms with E-state index in [-0.39, 0.29) is 49.3 Å². The predicted octanol–water partition coefficient (Wildman–Crippen LogP) is 1.38. The van der Waals surface area contributed by atoms with E-state index < -0.39 is 6.10 Å². The van der Waals surface area contributed by atoms with E-state index in [9.17, 15) is 10.2 Å². The highest BCUT2D eigenvalue weighted by Gasteiger charge is 2.34. The average Bonchev–Trinajstić information content (AvgIpc) is 3.15. The number of halogens is 2. The molecule has 5 N–H and O–H groups in total. The van der Waals surface area contributed by atoms with Crippen LogP contribution in [0.2, 0.25) is 0 Å². The van der Waals surface area contributed by atoms with E-state index in [1.165, 1.54) is 12.8 Å². The molecule has 0 aliphatic heterocycles. The Bertz CT molecular complexity index is 723. The van der Waals surface area contributed by atoms with Crippen molar-refractivity contribution < 1.29 is 10.2 Å². The van der Waals surface area contributed by atoms with Crippen LogP contribution in [0.4, 0.5) is 11.8 Å². The summed E-state index contributed by atoms with van der Waals surface area (Å²) in [6, 6.07) is 0.0673. The lowest BCUT2D eigenvalue weighted by molar-refractivity contribution is 0.0906. The molecule has 2 aromatic heterocycles. The van der Waals surface area contributed by atoms with Gasteiger partial charge in [-0.25, -0.2) is 4.98 Å². The predicted molar refractivity (Wildman–Crippen MR) is 100 cm³/mol. The molecule has 2 fully saturated rings. The molecular formula is C15H24Cl2N6O2. The molecule has 4 rings (SSSR count). The van der Waals surface area contributed by atoms with Gasteiger partial charge in [0, 0.05) is 25.1 Å². The summed E-state index contributed by atoms with van der Waals surface area (Å²) in [5.41, 5.74) is 7.26. The third kappa shape index (κ3) is 3.92. The van der Waals surface area contributed by atoms with Crippen molar-refractivity contribution in [1.82, 2.24) is 19.5 Å². The van der Waals surface area contributed by atoms with Gasteiger partial charge in [0.25, 0.3) is 0 Å². The molecule has 0 bridgehead atoms. The van der Waals surface area contributed by atoms with Gasteiger partial charge in [0.2, 0.25) is 5.95 Å². The molecule has 0 radical (unpaired) electrons. The Morgan fingerprint density at radius 1 is 1.24 bits per heavy atom. The first-order valence-corrected chi connectivity index (χ1v) is 8.18. The van der Waals surface area contributed by atoms with E-state index in [2.05, 4.69) is 20.3 Å². The number of hydrogen-bond acceptors (Lipinski definition) is 7. The number of aliphatic hydroxyl groups excluding tert-OH is 2. The van der Waals surface area contributed by atoms with E-state index in [0.29, 0.717) is 29.8 Å². The maximum absolute atomic E-state index is 10.0. The van der Waals surface area contributed by atoms with Crippen LogP contribution in [0.3, 0.4) is 0 Å². The van der Waals surface area contributed by atoms with Crippen LogP contribution in [-0.4, -0.2) is 49.0 Å². The number of imidazole rings is 1. The Morgan fingerprint density at radius 2 is 2.00 bits per heavy atom. The first-order chi connectivity index (χ1) is 11.2. The number of nitrogens with zero attached hydrogens (tertiary/aromatic N) is 4. The number of hydrogen-bond donors (Lipinski definition) is 4. The standard InChI is InChI=1S/C15H22N6O2.2ClH/c16-15-19-13(17-5-8-1-2-8)12-14(20-15)21(7-18-12)10-3-9(6-22)11(23)4-10;;/h7-11,22-23H,1-6H2,(H3,16,17,19,20);2*1H/t9-,10-,11+;;/m0../s1. The van der Waals surface area contributed by atoms with Gasteiger partial charge in [-0.05, 0) is 31.6 Å². The highest BCUT2D eigenvalue weighted by atomic mass is 35.5. The number of anilines is 2. The highest BCUT2D eigenvalue weighted by Crippen LogP contribution is 2.37. The minimum Gasteiger partial charge on any atom is -0.396 e. The van der Waals surface area contributed by atoms with Gasteiger partial charge >= 0.3 is 0 Å². The first kappa shape index (κ1) is 20.0. The highest BCUT2D eigenvalue weighted by molar-refractivity contribution is 5.86. The van der Waals surface area contributed by atoms with E-state index in [0.717, 1.165) is 12.5 Å². The van der Waals surface area contributed by atoms with Crippen LogP contribution in [-0.2, 0) is 0 Å². The topological polar surface area (TPSA) is 122 Å². The summed E-state index contributed by atoms with van der Waals surface area (Å²) in [6.07, 6.45) is 5.05. The number of nitrogen functional groups attached to an aromatic ring is 1. The molecule has 2 aliphatic carbocycles. The normalized spacial score (nSPS) is 25.4. The van der Waals surface area contributed by atoms with E-state index in [1.54, 1.807) is 6.33 Å². The van der Waals surface area contributed by atoms with Crippen molar-refractivity contribution in [2.24, 2.45) is 11.8 Å². The molecule has 8 nitrogen and oxygen atoms in total. The molecule has 2 heterocycles. The summed E-state index contributed by atoms with van der Waals surface area (Å²) < 4.78 is 1.95. The molecule has 0 spiro atoms. The van der Waals surface area contributed by atoms with Gasteiger partial charge in [-0.3, -0.25) is 0 Å². The molecular weight excluding hydrogens is 367 g/mol. The fraction of sp³-hybridized carbons (Fsp3) is 0.667. The van der Waals surface area contributed by atoms with Crippen molar-refractivity contribution in [3.8, 4) is 0 Å². The Hall–Kier alpha value is -1.35. The number of fused-ring (bicyclic) bond motifs is 1. The molecule has 0 unspecified atom stereocenters. The van der Waals surface area contributed by atoms with Crippen LogP contribution < -0.4 is 11.1 Å². The minimum atomic E-state index is -0.492. The van der Waals surface area contributed by atoms with Crippen molar-refractivity contribution in [1.29, 1.82) is 0 Å². The third-order valence-electron chi connectivity index (χ3n) is 4.95. The molecule has 10 heteroatoms. The van der Waals surface area contributed by atoms with E-state index >= 15 is 0 Å². The summed E-state index contributed by atoms with van der Waals surface area (Å²) in [5.74, 6) is 1.52. The summed E-state index contributed by atoms with van der Waals surface area (Å²) in [7, 11) is 0. The summed E-state index contributed by atoms with van der Waals surface area (Å²) >= 11 is 0. The van der Waals surface area contributed by atoms with Gasteiger partial charge in [0.15, 0.2) is 17.0 Å². The van der Waals surface area contributed by atoms with Crippen LogP contribution >= 0.6 is 24.8 Å². The Morgan fingerprint density at radius 3 is 2.64 bits per heavy atom. The number of nitrogens with two attached hydrogens (primary N) is 1. The average molecular weight is 391 g/mol. The van der Waals surface area contributed by atoms with Crippen LogP contribution in [0.5, 0.6) is 0 Å². The van der Waals surface area contributed by atoms with Crippen LogP contribution in [0, 0.1) is 11.8 Å². The Kier molecular flexibility index (Phi) is 6.31. The monoisotopic (exact) mass is 390 g/mol. The molecule has 0 aromatic carbocycles. The zero-order valence-electron chi connectivity index (χ0n) is 13.7. The second-order valence-electron chi connectivity index (χ2n) is 6.71. The van der Waals surface area contributed by atoms with Gasteiger partial charge in [0.1, 0.15) is 0 Å². The molecule has 2 saturated carbocycles. The third-order valence-corrected chi connectivity index (χ3v) is 4.95. The number of nitrogens with one attached hydrogen (secondary N) is 1. The van der Waals surface area contributed by atoms with E-state index in [1.807, 2.05) is 4.57 Å². The lowest BCUT2D eigenvalue weighted by Gasteiger charge is -2.13. The van der Waals surface area contributed by atoms with Crippen LogP contribution in [0.15, 0.2) is 6.33 Å². The maximum atomic E-state index is 10.0. The van der Waals surface area contributed by atoms with Crippen molar-refractivity contribution in [2.75, 3.05) is 24.2 Å². The number of aromatic nitrogens is 4. The quantitative estimate of drug-likeness (QED) is 0.607. The van der Waals surface area contributed by atoms with Gasteiger partial charge in [-0.1, -0.05) is 0 Å². The minimum absolute atomic E-state index is 0. The van der Waals surface area contributed by atoms with Gasteiger partial charge in [0.05, 0.1) is 12.4 Å². The number of rotatable bonds is 5. The zero-order chi connectivity index (χ0) is 16.0. The summed E-state index contributed by atoms with van der Waals surface area (Å²) in [6.45, 7) is 0.878. The van der Waals surface area contributed by atoms with E-state index in [4.69, 9.17) is 5.73 Å². The van der Waals surface area contributed by atoms with Crippen molar-refractivity contribution >= 4 is 47.7 Å². The lowest BCUT2D eigenvalue weighted by Crippen LogP contribution is -2.16. The SMILES string of the molecule is Cl.Cl.Nc1nc(NCC2CC2)c2ncn([C@H]3C[C@@H](CO)[C@H](O)C3)c2n1. The van der Waals surface area contributed by atoms with Gasteiger partial charge in [-0.15, -0.1) is 24.8 Å². The number of aliphatic hydroxyl groups is 2. The Balaban J connectivity index is 0.00000113. The molecule has 2 aliphatic rings. The molecule has 25 heavy (non-hydrogen) atoms. The van der Waals surface area contributed by atoms with Crippen LogP contribution in [0.1, 0.15) is 31.7 Å². The zero-order valence-corrected chi connectivity index (χ0v) is 15.3. The lowest BCUT2D eigenvalue weighted by atomic mass is 10.1. The van der Waals surface area contributed by atoms with Gasteiger partial charge in [-0.2, -0.15) is 9.97 Å². The molecule has 140 valence electrons. The second kappa shape index (κ2) is 7.90. The van der Waals surface area contributed by atoms with Crippen molar-refractivity contribution in [3.05, 3.63) is 6.33 Å². The van der Waals surface area contributed by atoms with Crippen molar-refractivity contribution in [3.63, 3.8) is 0 Å². The first-order valence-electron chi connectivity index (χ1n) is 8.18. The smallest absolute Gasteiger partial charge is 0.224 e. The largest absolute Gasteiger partial charge is 0.396 e. The molecule has 2 aromatic rings. The fourth-order valence-electron chi connectivity index (χ4n) is 3.38. The molecule has 0 saturated heterocycles. The molecule has 3 atom stereocenters.